The van der Waals surface area contributed by atoms with Gasteiger partial charge < -0.3 is 15.1 Å². The van der Waals surface area contributed by atoms with Crippen molar-refractivity contribution in [2.75, 3.05) is 36.4 Å². The summed E-state index contributed by atoms with van der Waals surface area (Å²) in [5, 5.41) is 5.65. The molecule has 0 radical (unpaired) electrons. The van der Waals surface area contributed by atoms with Crippen molar-refractivity contribution in [2.24, 2.45) is 0 Å². The molecule has 1 amide bonds. The molecule has 1 aromatic carbocycles. The summed E-state index contributed by atoms with van der Waals surface area (Å²) in [6.07, 6.45) is 3.66. The number of nitrogens with zero attached hydrogens (tertiary/aromatic N) is 5. The summed E-state index contributed by atoms with van der Waals surface area (Å²) in [5.74, 6) is 0.622. The van der Waals surface area contributed by atoms with Crippen LogP contribution in [-0.2, 0) is 11.2 Å². The molecule has 1 saturated heterocycles. The topological polar surface area (TPSA) is 74.2 Å². The van der Waals surface area contributed by atoms with Crippen molar-refractivity contribution < 1.29 is 4.79 Å². The third-order valence-corrected chi connectivity index (χ3v) is 5.23. The zero-order chi connectivity index (χ0) is 18.5. The number of amides is 1. The standard InChI is InChI=1S/C19H20N6OS/c26-17(25-11-9-24(10-12-25)16-5-2-1-3-6-16)13-15-14-27-19(22-15)23-18-20-7-4-8-21-18/h1-8,14H,9-13H2,(H,20,21,22,23). The predicted octanol–water partition coefficient (Wildman–Crippen LogP) is 2.57. The van der Waals surface area contributed by atoms with Crippen LogP contribution in [0.1, 0.15) is 5.69 Å². The van der Waals surface area contributed by atoms with E-state index in [-0.39, 0.29) is 5.91 Å². The van der Waals surface area contributed by atoms with E-state index in [2.05, 4.69) is 37.3 Å². The molecular formula is C19H20N6OS. The third kappa shape index (κ3) is 4.40. The number of aromatic nitrogens is 3. The maximum Gasteiger partial charge on any atom is 0.228 e. The number of carbonyl (C=O) groups excluding carboxylic acids is 1. The molecule has 138 valence electrons. The fourth-order valence-electron chi connectivity index (χ4n) is 3.02. The molecular weight excluding hydrogens is 360 g/mol. The van der Waals surface area contributed by atoms with Gasteiger partial charge in [-0.1, -0.05) is 18.2 Å². The van der Waals surface area contributed by atoms with Crippen molar-refractivity contribution in [3.8, 4) is 0 Å². The number of nitrogens with one attached hydrogen (secondary N) is 1. The summed E-state index contributed by atoms with van der Waals surface area (Å²) < 4.78 is 0. The number of hydrogen-bond donors (Lipinski definition) is 1. The molecule has 1 N–H and O–H groups in total. The van der Waals surface area contributed by atoms with Gasteiger partial charge in [-0.25, -0.2) is 15.0 Å². The highest BCUT2D eigenvalue weighted by Crippen LogP contribution is 2.20. The Labute approximate surface area is 161 Å². The Balaban J connectivity index is 1.30. The van der Waals surface area contributed by atoms with E-state index < -0.39 is 0 Å². The van der Waals surface area contributed by atoms with Crippen molar-refractivity contribution in [2.45, 2.75) is 6.42 Å². The normalized spacial score (nSPS) is 14.2. The molecule has 4 rings (SSSR count). The smallest absolute Gasteiger partial charge is 0.228 e. The second kappa shape index (κ2) is 8.13. The summed E-state index contributed by atoms with van der Waals surface area (Å²) in [7, 11) is 0. The fourth-order valence-corrected chi connectivity index (χ4v) is 3.73. The molecule has 27 heavy (non-hydrogen) atoms. The van der Waals surface area contributed by atoms with Crippen LogP contribution < -0.4 is 10.2 Å². The first kappa shape index (κ1) is 17.4. The Morgan fingerprint density at radius 3 is 2.52 bits per heavy atom. The number of carbonyl (C=O) groups is 1. The average Bonchev–Trinajstić information content (AvgIpc) is 3.16. The molecule has 3 heterocycles. The zero-order valence-electron chi connectivity index (χ0n) is 14.8. The maximum absolute atomic E-state index is 12.6. The summed E-state index contributed by atoms with van der Waals surface area (Å²) >= 11 is 1.45. The Kier molecular flexibility index (Phi) is 5.24. The van der Waals surface area contributed by atoms with E-state index in [1.807, 2.05) is 28.5 Å². The molecule has 1 aliphatic rings. The highest BCUT2D eigenvalue weighted by Gasteiger charge is 2.22. The minimum atomic E-state index is 0.121. The molecule has 0 atom stereocenters. The Morgan fingerprint density at radius 1 is 1.04 bits per heavy atom. The first-order valence-corrected chi connectivity index (χ1v) is 9.72. The second-order valence-electron chi connectivity index (χ2n) is 6.22. The molecule has 0 spiro atoms. The molecule has 0 aliphatic carbocycles. The fraction of sp³-hybridized carbons (Fsp3) is 0.263. The average molecular weight is 380 g/mol. The summed E-state index contributed by atoms with van der Waals surface area (Å²) in [6.45, 7) is 3.18. The number of hydrogen-bond acceptors (Lipinski definition) is 7. The van der Waals surface area contributed by atoms with Crippen molar-refractivity contribution in [1.82, 2.24) is 19.9 Å². The summed E-state index contributed by atoms with van der Waals surface area (Å²) in [4.78, 5) is 29.5. The van der Waals surface area contributed by atoms with Crippen LogP contribution >= 0.6 is 11.3 Å². The van der Waals surface area contributed by atoms with Crippen LogP contribution in [0, 0.1) is 0 Å². The molecule has 1 fully saturated rings. The van der Waals surface area contributed by atoms with E-state index in [1.54, 1.807) is 18.5 Å². The van der Waals surface area contributed by atoms with Crippen LogP contribution in [0.4, 0.5) is 16.8 Å². The first-order valence-electron chi connectivity index (χ1n) is 8.84. The van der Waals surface area contributed by atoms with Crippen molar-refractivity contribution in [3.63, 3.8) is 0 Å². The third-order valence-electron chi connectivity index (χ3n) is 4.42. The van der Waals surface area contributed by atoms with E-state index in [0.29, 0.717) is 17.5 Å². The predicted molar refractivity (Wildman–Crippen MR) is 106 cm³/mol. The van der Waals surface area contributed by atoms with Gasteiger partial charge in [0.2, 0.25) is 11.9 Å². The lowest BCUT2D eigenvalue weighted by molar-refractivity contribution is -0.130. The van der Waals surface area contributed by atoms with Crippen molar-refractivity contribution >= 4 is 34.0 Å². The van der Waals surface area contributed by atoms with Gasteiger partial charge in [-0.15, -0.1) is 11.3 Å². The minimum absolute atomic E-state index is 0.121. The van der Waals surface area contributed by atoms with Gasteiger partial charge in [0.25, 0.3) is 0 Å². The Bertz CT molecular complexity index is 877. The molecule has 0 unspecified atom stereocenters. The Hall–Kier alpha value is -3.00. The van der Waals surface area contributed by atoms with Gasteiger partial charge in [0, 0.05) is 49.6 Å². The van der Waals surface area contributed by atoms with Crippen LogP contribution in [0.25, 0.3) is 0 Å². The van der Waals surface area contributed by atoms with Crippen molar-refractivity contribution in [1.29, 1.82) is 0 Å². The van der Waals surface area contributed by atoms with Gasteiger partial charge in [0.05, 0.1) is 12.1 Å². The van der Waals surface area contributed by atoms with Gasteiger partial charge >= 0.3 is 0 Å². The SMILES string of the molecule is O=C(Cc1csc(Nc2ncccn2)n1)N1CCN(c2ccccc2)CC1. The quantitative estimate of drug-likeness (QED) is 0.733. The van der Waals surface area contributed by atoms with Crippen LogP contribution in [0.15, 0.2) is 54.2 Å². The van der Waals surface area contributed by atoms with Crippen LogP contribution in [-0.4, -0.2) is 51.9 Å². The van der Waals surface area contributed by atoms with Gasteiger partial charge in [-0.3, -0.25) is 4.79 Å². The lowest BCUT2D eigenvalue weighted by Gasteiger charge is -2.36. The van der Waals surface area contributed by atoms with Crippen LogP contribution in [0.2, 0.25) is 0 Å². The first-order chi connectivity index (χ1) is 13.3. The molecule has 2 aromatic heterocycles. The number of para-hydroxylation sites is 1. The van der Waals surface area contributed by atoms with E-state index in [4.69, 9.17) is 0 Å². The highest BCUT2D eigenvalue weighted by molar-refractivity contribution is 7.13. The van der Waals surface area contributed by atoms with Gasteiger partial charge in [0.1, 0.15) is 0 Å². The lowest BCUT2D eigenvalue weighted by atomic mass is 10.2. The van der Waals surface area contributed by atoms with Gasteiger partial charge in [0.15, 0.2) is 5.13 Å². The number of thiazole rings is 1. The van der Waals surface area contributed by atoms with Crippen molar-refractivity contribution in [3.05, 3.63) is 59.9 Å². The maximum atomic E-state index is 12.6. The zero-order valence-corrected chi connectivity index (χ0v) is 15.6. The number of piperazine rings is 1. The largest absolute Gasteiger partial charge is 0.368 e. The molecule has 0 saturated carbocycles. The number of rotatable bonds is 5. The number of benzene rings is 1. The molecule has 1 aliphatic heterocycles. The Morgan fingerprint density at radius 2 is 1.78 bits per heavy atom. The van der Waals surface area contributed by atoms with Crippen LogP contribution in [0.3, 0.4) is 0 Å². The molecule has 3 aromatic rings. The summed E-state index contributed by atoms with van der Waals surface area (Å²) in [6, 6.07) is 12.1. The molecule has 7 nitrogen and oxygen atoms in total. The second-order valence-corrected chi connectivity index (χ2v) is 7.08. The molecule has 8 heteroatoms. The monoisotopic (exact) mass is 380 g/mol. The minimum Gasteiger partial charge on any atom is -0.368 e. The van der Waals surface area contributed by atoms with E-state index >= 15 is 0 Å². The van der Waals surface area contributed by atoms with Gasteiger partial charge in [-0.05, 0) is 18.2 Å². The van der Waals surface area contributed by atoms with Gasteiger partial charge in [-0.2, -0.15) is 0 Å². The van der Waals surface area contributed by atoms with E-state index in [0.717, 1.165) is 31.9 Å². The number of anilines is 3. The van der Waals surface area contributed by atoms with E-state index in [1.165, 1.54) is 17.0 Å². The highest BCUT2D eigenvalue weighted by atomic mass is 32.1. The molecule has 0 bridgehead atoms. The van der Waals surface area contributed by atoms with E-state index in [9.17, 15) is 4.79 Å². The summed E-state index contributed by atoms with van der Waals surface area (Å²) in [5.41, 5.74) is 1.98. The van der Waals surface area contributed by atoms with Crippen LogP contribution in [0.5, 0.6) is 0 Å². The lowest BCUT2D eigenvalue weighted by Crippen LogP contribution is -2.49.